The van der Waals surface area contributed by atoms with Gasteiger partial charge in [0.2, 0.25) is 0 Å². The highest BCUT2D eigenvalue weighted by molar-refractivity contribution is 7.17. The Morgan fingerprint density at radius 2 is 2.08 bits per heavy atom. The Hall–Kier alpha value is -2.74. The van der Waals surface area contributed by atoms with E-state index in [2.05, 4.69) is 0 Å². The summed E-state index contributed by atoms with van der Waals surface area (Å²) in [4.78, 5) is 36.1. The molecule has 2 aromatic rings. The lowest BCUT2D eigenvalue weighted by Gasteiger charge is -2.22. The number of esters is 1. The second-order valence-corrected chi connectivity index (χ2v) is 6.48. The molecule has 0 spiro atoms. The summed E-state index contributed by atoms with van der Waals surface area (Å²) >= 11 is 0.724. The van der Waals surface area contributed by atoms with Crippen LogP contribution < -0.4 is 4.90 Å². The molecule has 2 heterocycles. The number of thiophene rings is 1. The van der Waals surface area contributed by atoms with Crippen LogP contribution in [0.15, 0.2) is 36.4 Å². The van der Waals surface area contributed by atoms with Crippen LogP contribution in [0.3, 0.4) is 0 Å². The summed E-state index contributed by atoms with van der Waals surface area (Å²) < 4.78 is 5.02. The number of nitrogens with zero attached hydrogens (tertiary/aromatic N) is 2. The predicted octanol–water partition coefficient (Wildman–Crippen LogP) is 2.79. The maximum atomic E-state index is 12.4. The molecule has 0 unspecified atom stereocenters. The van der Waals surface area contributed by atoms with Crippen LogP contribution in [0.25, 0.3) is 0 Å². The van der Waals surface area contributed by atoms with Gasteiger partial charge < -0.3 is 9.64 Å². The van der Waals surface area contributed by atoms with E-state index in [4.69, 9.17) is 4.74 Å². The number of anilines is 1. The molecule has 0 saturated carbocycles. The second kappa shape index (κ2) is 6.40. The minimum absolute atomic E-state index is 0.00331. The summed E-state index contributed by atoms with van der Waals surface area (Å²) in [5, 5.41) is 10.5. The fraction of sp³-hybridized carbons (Fsp3) is 0.250. The standard InChI is InChI=1S/C16H14N2O5S/c1-10-8-11-4-2-3-5-12(11)17(10)14(19)9-23-16(20)13-6-7-15(24-13)18(21)22/h2-7,10H,8-9H2,1H3/t10-/m0/s1. The largest absolute Gasteiger partial charge is 0.451 e. The molecule has 1 atom stereocenters. The zero-order valence-electron chi connectivity index (χ0n) is 12.8. The zero-order valence-corrected chi connectivity index (χ0v) is 13.6. The first-order chi connectivity index (χ1) is 11.5. The molecule has 1 aliphatic rings. The molecule has 1 aliphatic heterocycles. The number of nitro groups is 1. The molecule has 8 heteroatoms. The van der Waals surface area contributed by atoms with Gasteiger partial charge in [0.05, 0.1) is 4.92 Å². The highest BCUT2D eigenvalue weighted by Gasteiger charge is 2.31. The van der Waals surface area contributed by atoms with E-state index in [-0.39, 0.29) is 21.8 Å². The van der Waals surface area contributed by atoms with Gasteiger partial charge >= 0.3 is 11.0 Å². The number of fused-ring (bicyclic) bond motifs is 1. The third kappa shape index (κ3) is 3.00. The smallest absolute Gasteiger partial charge is 0.349 e. The monoisotopic (exact) mass is 346 g/mol. The average Bonchev–Trinajstić information content (AvgIpc) is 3.16. The van der Waals surface area contributed by atoms with Crippen molar-refractivity contribution in [2.24, 2.45) is 0 Å². The molecular weight excluding hydrogens is 332 g/mol. The molecular formula is C16H14N2O5S. The van der Waals surface area contributed by atoms with Crippen molar-refractivity contribution in [3.63, 3.8) is 0 Å². The highest BCUT2D eigenvalue weighted by atomic mass is 32.1. The molecule has 0 radical (unpaired) electrons. The van der Waals surface area contributed by atoms with Crippen LogP contribution in [0.1, 0.15) is 22.2 Å². The molecule has 1 aromatic carbocycles. The molecule has 0 bridgehead atoms. The van der Waals surface area contributed by atoms with E-state index < -0.39 is 17.5 Å². The molecule has 0 fully saturated rings. The molecule has 0 aliphatic carbocycles. The Balaban J connectivity index is 1.65. The van der Waals surface area contributed by atoms with Gasteiger partial charge in [-0.1, -0.05) is 29.5 Å². The van der Waals surface area contributed by atoms with Gasteiger partial charge in [-0.05, 0) is 31.0 Å². The number of hydrogen-bond acceptors (Lipinski definition) is 6. The molecule has 124 valence electrons. The maximum Gasteiger partial charge on any atom is 0.349 e. The third-order valence-corrected chi connectivity index (χ3v) is 4.79. The fourth-order valence-corrected chi connectivity index (χ4v) is 3.46. The highest BCUT2D eigenvalue weighted by Crippen LogP contribution is 2.32. The van der Waals surface area contributed by atoms with Crippen LogP contribution >= 0.6 is 11.3 Å². The number of para-hydroxylation sites is 1. The summed E-state index contributed by atoms with van der Waals surface area (Å²) in [6, 6.07) is 10.2. The van der Waals surface area contributed by atoms with Crippen molar-refractivity contribution < 1.29 is 19.2 Å². The molecule has 0 N–H and O–H groups in total. The lowest BCUT2D eigenvalue weighted by Crippen LogP contribution is -2.38. The van der Waals surface area contributed by atoms with Gasteiger partial charge in [-0.15, -0.1) is 0 Å². The van der Waals surface area contributed by atoms with Gasteiger partial charge in [0.15, 0.2) is 6.61 Å². The van der Waals surface area contributed by atoms with Gasteiger partial charge in [-0.2, -0.15) is 0 Å². The Morgan fingerprint density at radius 3 is 2.79 bits per heavy atom. The van der Waals surface area contributed by atoms with Crippen LogP contribution in [0.2, 0.25) is 0 Å². The van der Waals surface area contributed by atoms with Crippen molar-refractivity contribution in [1.29, 1.82) is 0 Å². The summed E-state index contributed by atoms with van der Waals surface area (Å²) in [6.45, 7) is 1.53. The molecule has 24 heavy (non-hydrogen) atoms. The van der Waals surface area contributed by atoms with Gasteiger partial charge in [0.1, 0.15) is 4.88 Å². The average molecular weight is 346 g/mol. The van der Waals surface area contributed by atoms with Crippen molar-refractivity contribution in [3.05, 3.63) is 57.0 Å². The lowest BCUT2D eigenvalue weighted by atomic mass is 10.1. The zero-order chi connectivity index (χ0) is 17.3. The van der Waals surface area contributed by atoms with Crippen molar-refractivity contribution >= 4 is 33.9 Å². The Morgan fingerprint density at radius 1 is 1.33 bits per heavy atom. The van der Waals surface area contributed by atoms with Crippen molar-refractivity contribution in [3.8, 4) is 0 Å². The summed E-state index contributed by atoms with van der Waals surface area (Å²) in [7, 11) is 0. The Kier molecular flexibility index (Phi) is 4.30. The minimum atomic E-state index is -0.735. The van der Waals surface area contributed by atoms with E-state index in [9.17, 15) is 19.7 Å². The topological polar surface area (TPSA) is 89.8 Å². The number of hydrogen-bond donors (Lipinski definition) is 0. The first kappa shape index (κ1) is 16.1. The maximum absolute atomic E-state index is 12.4. The molecule has 7 nitrogen and oxygen atoms in total. The summed E-state index contributed by atoms with van der Waals surface area (Å²) in [5.74, 6) is -1.05. The van der Waals surface area contributed by atoms with E-state index in [1.54, 1.807) is 4.90 Å². The van der Waals surface area contributed by atoms with Crippen LogP contribution in [-0.2, 0) is 16.0 Å². The van der Waals surface area contributed by atoms with Gasteiger partial charge in [-0.25, -0.2) is 4.79 Å². The van der Waals surface area contributed by atoms with E-state index in [1.165, 1.54) is 12.1 Å². The SMILES string of the molecule is C[C@H]1Cc2ccccc2N1C(=O)COC(=O)c1ccc([N+](=O)[O-])s1. The number of ether oxygens (including phenoxy) is 1. The number of carbonyl (C=O) groups is 2. The molecule has 1 amide bonds. The minimum Gasteiger partial charge on any atom is -0.451 e. The molecule has 3 rings (SSSR count). The van der Waals surface area contributed by atoms with E-state index in [0.717, 1.165) is 29.0 Å². The quantitative estimate of drug-likeness (QED) is 0.482. The van der Waals surface area contributed by atoms with Crippen LogP contribution in [0, 0.1) is 10.1 Å². The fourth-order valence-electron chi connectivity index (χ4n) is 2.75. The lowest BCUT2D eigenvalue weighted by molar-refractivity contribution is -0.380. The van der Waals surface area contributed by atoms with Crippen LogP contribution in [0.4, 0.5) is 10.7 Å². The first-order valence-electron chi connectivity index (χ1n) is 7.28. The van der Waals surface area contributed by atoms with E-state index in [1.807, 2.05) is 31.2 Å². The van der Waals surface area contributed by atoms with Crippen LogP contribution in [0.5, 0.6) is 0 Å². The van der Waals surface area contributed by atoms with Crippen molar-refractivity contribution in [2.45, 2.75) is 19.4 Å². The van der Waals surface area contributed by atoms with E-state index >= 15 is 0 Å². The normalized spacial score (nSPS) is 15.9. The molecule has 1 aromatic heterocycles. The van der Waals surface area contributed by atoms with Crippen molar-refractivity contribution in [2.75, 3.05) is 11.5 Å². The first-order valence-corrected chi connectivity index (χ1v) is 8.10. The van der Waals surface area contributed by atoms with Gasteiger partial charge in [0.25, 0.3) is 5.91 Å². The Labute approximate surface area is 141 Å². The summed E-state index contributed by atoms with van der Waals surface area (Å²) in [6.07, 6.45) is 0.757. The number of amides is 1. The number of benzene rings is 1. The summed E-state index contributed by atoms with van der Waals surface area (Å²) in [5.41, 5.74) is 1.91. The van der Waals surface area contributed by atoms with Crippen molar-refractivity contribution in [1.82, 2.24) is 0 Å². The van der Waals surface area contributed by atoms with Crippen LogP contribution in [-0.4, -0.2) is 29.4 Å². The van der Waals surface area contributed by atoms with Gasteiger partial charge in [0, 0.05) is 17.8 Å². The Bertz CT molecular complexity index is 816. The second-order valence-electron chi connectivity index (χ2n) is 5.42. The predicted molar refractivity (Wildman–Crippen MR) is 88.3 cm³/mol. The molecule has 0 saturated heterocycles. The van der Waals surface area contributed by atoms with Gasteiger partial charge in [-0.3, -0.25) is 14.9 Å². The third-order valence-electron chi connectivity index (χ3n) is 3.78. The van der Waals surface area contributed by atoms with E-state index in [0.29, 0.717) is 0 Å². The number of rotatable bonds is 4. The number of carbonyl (C=O) groups excluding carboxylic acids is 2.